The molecule has 8 heteroatoms. The lowest BCUT2D eigenvalue weighted by molar-refractivity contribution is -0.131. The minimum absolute atomic E-state index is 0.0121. The molecule has 0 bridgehead atoms. The third-order valence-corrected chi connectivity index (χ3v) is 8.14. The van der Waals surface area contributed by atoms with Crippen molar-refractivity contribution in [2.75, 3.05) is 37.6 Å². The molecule has 2 aromatic carbocycles. The molecule has 0 aliphatic carbocycles. The van der Waals surface area contributed by atoms with Crippen LogP contribution in [0.4, 0.5) is 5.69 Å². The molecule has 1 atom stereocenters. The maximum absolute atomic E-state index is 13.0. The van der Waals surface area contributed by atoms with E-state index in [1.54, 1.807) is 17.0 Å². The average Bonchev–Trinajstić information content (AvgIpc) is 2.81. The molecule has 2 heterocycles. The van der Waals surface area contributed by atoms with Crippen molar-refractivity contribution in [3.05, 3.63) is 59.7 Å². The quantitative estimate of drug-likeness (QED) is 0.731. The van der Waals surface area contributed by atoms with Crippen LogP contribution in [0.5, 0.6) is 0 Å². The van der Waals surface area contributed by atoms with E-state index in [1.807, 2.05) is 18.2 Å². The smallest absolute Gasteiger partial charge is 0.244 e. The molecular weight excluding hydrogens is 412 g/mol. The first-order chi connectivity index (χ1) is 14.9. The van der Waals surface area contributed by atoms with E-state index in [1.165, 1.54) is 22.0 Å². The zero-order chi connectivity index (χ0) is 22.0. The fourth-order valence-corrected chi connectivity index (χ4v) is 5.91. The van der Waals surface area contributed by atoms with Crippen LogP contribution in [0.15, 0.2) is 53.4 Å². The highest BCUT2D eigenvalue weighted by Gasteiger charge is 2.33. The molecule has 0 spiro atoms. The molecule has 2 aromatic rings. The zero-order valence-corrected chi connectivity index (χ0v) is 18.4. The molecule has 2 aliphatic rings. The summed E-state index contributed by atoms with van der Waals surface area (Å²) >= 11 is 0. The number of fused-ring (bicyclic) bond motifs is 1. The molecule has 162 valence electrons. The Hall–Kier alpha value is -2.89. The first-order valence-electron chi connectivity index (χ1n) is 10.5. The van der Waals surface area contributed by atoms with Crippen molar-refractivity contribution in [3.63, 3.8) is 0 Å². The largest absolute Gasteiger partial charge is 0.359 e. The van der Waals surface area contributed by atoms with Crippen LogP contribution in [0, 0.1) is 11.3 Å². The Morgan fingerprint density at radius 2 is 1.74 bits per heavy atom. The summed E-state index contributed by atoms with van der Waals surface area (Å²) in [5.41, 5.74) is 2.52. The highest BCUT2D eigenvalue weighted by molar-refractivity contribution is 7.89. The van der Waals surface area contributed by atoms with Crippen molar-refractivity contribution in [2.45, 2.75) is 30.7 Å². The highest BCUT2D eigenvalue weighted by atomic mass is 32.2. The van der Waals surface area contributed by atoms with Crippen molar-refractivity contribution in [1.29, 1.82) is 5.26 Å². The van der Waals surface area contributed by atoms with Crippen LogP contribution in [0.25, 0.3) is 0 Å². The van der Waals surface area contributed by atoms with Crippen LogP contribution in [0.3, 0.4) is 0 Å². The summed E-state index contributed by atoms with van der Waals surface area (Å²) in [7, 11) is -3.77. The van der Waals surface area contributed by atoms with Crippen molar-refractivity contribution in [3.8, 4) is 6.07 Å². The number of benzene rings is 2. The number of rotatable bonds is 4. The normalized spacial score (nSPS) is 19.5. The Kier molecular flexibility index (Phi) is 5.99. The monoisotopic (exact) mass is 438 g/mol. The number of para-hydroxylation sites is 1. The van der Waals surface area contributed by atoms with E-state index in [0.717, 1.165) is 18.5 Å². The van der Waals surface area contributed by atoms with Gasteiger partial charge in [-0.25, -0.2) is 8.42 Å². The first kappa shape index (κ1) is 21.3. The van der Waals surface area contributed by atoms with Gasteiger partial charge >= 0.3 is 0 Å². The summed E-state index contributed by atoms with van der Waals surface area (Å²) in [6.07, 6.45) is 2.03. The van der Waals surface area contributed by atoms with E-state index < -0.39 is 10.0 Å². The Morgan fingerprint density at radius 1 is 1.06 bits per heavy atom. The second-order valence-electron chi connectivity index (χ2n) is 8.04. The number of anilines is 1. The Morgan fingerprint density at radius 3 is 2.48 bits per heavy atom. The number of amides is 1. The van der Waals surface area contributed by atoms with Crippen LogP contribution >= 0.6 is 0 Å². The van der Waals surface area contributed by atoms with Gasteiger partial charge in [-0.3, -0.25) is 4.79 Å². The Bertz CT molecular complexity index is 1120. The molecule has 1 saturated heterocycles. The lowest BCUT2D eigenvalue weighted by atomic mass is 9.96. The van der Waals surface area contributed by atoms with Gasteiger partial charge in [0.2, 0.25) is 15.9 Å². The first-order valence-corrected chi connectivity index (χ1v) is 12.0. The second-order valence-corrected chi connectivity index (χ2v) is 9.94. The van der Waals surface area contributed by atoms with E-state index in [2.05, 4.69) is 24.0 Å². The molecule has 4 rings (SSSR count). The molecule has 0 unspecified atom stereocenters. The number of aryl methyl sites for hydroxylation is 1. The fourth-order valence-electron chi connectivity index (χ4n) is 4.35. The number of hydrogen-bond donors (Lipinski definition) is 0. The third kappa shape index (κ3) is 4.16. The maximum Gasteiger partial charge on any atom is 0.244 e. The lowest BCUT2D eigenvalue weighted by Gasteiger charge is -2.39. The highest BCUT2D eigenvalue weighted by Crippen LogP contribution is 2.30. The predicted molar refractivity (Wildman–Crippen MR) is 118 cm³/mol. The van der Waals surface area contributed by atoms with Gasteiger partial charge in [-0.2, -0.15) is 9.57 Å². The van der Waals surface area contributed by atoms with Crippen molar-refractivity contribution in [2.24, 2.45) is 0 Å². The van der Waals surface area contributed by atoms with Gasteiger partial charge in [0.05, 0.1) is 17.0 Å². The van der Waals surface area contributed by atoms with Crippen molar-refractivity contribution in [1.82, 2.24) is 9.21 Å². The minimum atomic E-state index is -3.77. The fraction of sp³-hybridized carbons (Fsp3) is 0.391. The Labute approximate surface area is 183 Å². The van der Waals surface area contributed by atoms with E-state index in [9.17, 15) is 18.5 Å². The van der Waals surface area contributed by atoms with Gasteiger partial charge in [0.1, 0.15) is 6.07 Å². The number of sulfonamides is 1. The molecule has 31 heavy (non-hydrogen) atoms. The van der Waals surface area contributed by atoms with E-state index in [4.69, 9.17) is 0 Å². The molecular formula is C23H26N4O3S. The summed E-state index contributed by atoms with van der Waals surface area (Å²) in [5.74, 6) is 0.0121. The van der Waals surface area contributed by atoms with Crippen LogP contribution in [0.2, 0.25) is 0 Å². The average molecular weight is 439 g/mol. The number of nitrogens with zero attached hydrogens (tertiary/aromatic N) is 4. The topological polar surface area (TPSA) is 84.7 Å². The van der Waals surface area contributed by atoms with Crippen LogP contribution < -0.4 is 4.90 Å². The van der Waals surface area contributed by atoms with E-state index >= 15 is 0 Å². The number of carbonyl (C=O) groups excluding carboxylic acids is 1. The molecule has 7 nitrogen and oxygen atoms in total. The maximum atomic E-state index is 13.0. The number of piperazine rings is 1. The molecule has 0 N–H and O–H groups in total. The van der Waals surface area contributed by atoms with Gasteiger partial charge in [0.15, 0.2) is 0 Å². The Balaban J connectivity index is 1.42. The summed E-state index contributed by atoms with van der Waals surface area (Å²) in [6, 6.07) is 16.7. The second kappa shape index (κ2) is 8.69. The molecule has 0 aromatic heterocycles. The summed E-state index contributed by atoms with van der Waals surface area (Å²) in [4.78, 5) is 16.9. The SMILES string of the molecule is C[C@H]1CCc2ccccc2N1CC(=O)N1CCN(S(=O)(=O)c2ccccc2C#N)CC1. The summed E-state index contributed by atoms with van der Waals surface area (Å²) in [6.45, 7) is 3.57. The molecule has 2 aliphatic heterocycles. The van der Waals surface area contributed by atoms with Gasteiger partial charge < -0.3 is 9.80 Å². The number of hydrogen-bond acceptors (Lipinski definition) is 5. The minimum Gasteiger partial charge on any atom is -0.359 e. The number of carbonyl (C=O) groups is 1. The standard InChI is InChI=1S/C23H26N4O3S/c1-18-10-11-19-6-2-4-8-21(19)27(18)17-23(28)25-12-14-26(15-13-25)31(29,30)22-9-5-3-7-20(22)16-24/h2-9,18H,10-15,17H2,1H3/t18-/m0/s1. The van der Waals surface area contributed by atoms with Gasteiger partial charge in [0, 0.05) is 37.9 Å². The van der Waals surface area contributed by atoms with Gasteiger partial charge in [-0.1, -0.05) is 30.3 Å². The van der Waals surface area contributed by atoms with Crippen LogP contribution in [-0.2, 0) is 21.2 Å². The van der Waals surface area contributed by atoms with Crippen molar-refractivity contribution >= 4 is 21.6 Å². The lowest BCUT2D eigenvalue weighted by Crippen LogP contribution is -2.53. The molecule has 0 radical (unpaired) electrons. The number of nitriles is 1. The van der Waals surface area contributed by atoms with Gasteiger partial charge in [-0.05, 0) is 43.5 Å². The third-order valence-electron chi connectivity index (χ3n) is 6.19. The van der Waals surface area contributed by atoms with Crippen LogP contribution in [-0.4, -0.2) is 62.3 Å². The van der Waals surface area contributed by atoms with Gasteiger partial charge in [0.25, 0.3) is 0 Å². The zero-order valence-electron chi connectivity index (χ0n) is 17.6. The van der Waals surface area contributed by atoms with E-state index in [0.29, 0.717) is 19.6 Å². The molecule has 1 fully saturated rings. The van der Waals surface area contributed by atoms with Crippen molar-refractivity contribution < 1.29 is 13.2 Å². The predicted octanol–water partition coefficient (Wildman–Crippen LogP) is 2.23. The van der Waals surface area contributed by atoms with Gasteiger partial charge in [-0.15, -0.1) is 0 Å². The summed E-state index contributed by atoms with van der Waals surface area (Å²) in [5, 5.41) is 9.25. The molecule has 0 saturated carbocycles. The van der Waals surface area contributed by atoms with Crippen LogP contribution in [0.1, 0.15) is 24.5 Å². The molecule has 1 amide bonds. The summed E-state index contributed by atoms with van der Waals surface area (Å²) < 4.78 is 27.4. The van der Waals surface area contributed by atoms with E-state index in [-0.39, 0.29) is 35.5 Å².